The van der Waals surface area contributed by atoms with Gasteiger partial charge < -0.3 is 9.84 Å². The molecule has 15 heteroatoms. The molecule has 3 aliphatic rings. The molecule has 3 aliphatic carbocycles. The van der Waals surface area contributed by atoms with Crippen LogP contribution in [-0.4, -0.2) is 54.0 Å². The van der Waals surface area contributed by atoms with Gasteiger partial charge in [0.25, 0.3) is 5.92 Å². The highest BCUT2D eigenvalue weighted by molar-refractivity contribution is 5.40. The van der Waals surface area contributed by atoms with E-state index in [9.17, 15) is 27.1 Å². The molecule has 36 heavy (non-hydrogen) atoms. The molecule has 1 atom stereocenters. The highest BCUT2D eigenvalue weighted by atomic mass is 19.4. The van der Waals surface area contributed by atoms with Crippen molar-refractivity contribution in [1.82, 2.24) is 30.2 Å². The Bertz CT molecular complexity index is 1250. The number of benzene rings is 1. The lowest BCUT2D eigenvalue weighted by Gasteiger charge is -2.73. The predicted molar refractivity (Wildman–Crippen MR) is 105 cm³/mol. The molecule has 0 aliphatic heterocycles. The number of alkyl halides is 5. The summed E-state index contributed by atoms with van der Waals surface area (Å²) in [4.78, 5) is 7.81. The molecule has 192 valence electrons. The summed E-state index contributed by atoms with van der Waals surface area (Å²) in [5, 5.41) is 21.5. The molecule has 0 spiro atoms. The largest absolute Gasteiger partial charge is 0.467 e. The van der Waals surface area contributed by atoms with Crippen molar-refractivity contribution in [3.8, 4) is 5.88 Å². The standard InChI is InChI=1S/C21H17F7N6O2/c22-12-1-2-13(14(23)3-12)19(35,9-34-11-31-32-33-34)21(27,28)18-6-17(7-18,8-18)15-4-30-16(5-29-15)36-10-20(24,25)26/h1-5,11,35H,6-10H2/t17?,18?,19-/m0/s1. The van der Waals surface area contributed by atoms with Gasteiger partial charge in [0.05, 0.1) is 24.6 Å². The third-order valence-electron chi connectivity index (χ3n) is 6.93. The number of nitrogens with zero attached hydrogens (tertiary/aromatic N) is 6. The summed E-state index contributed by atoms with van der Waals surface area (Å²) < 4.78 is 103. The molecule has 8 nitrogen and oxygen atoms in total. The van der Waals surface area contributed by atoms with Crippen molar-refractivity contribution < 1.29 is 40.6 Å². The van der Waals surface area contributed by atoms with E-state index in [4.69, 9.17) is 0 Å². The second kappa shape index (κ2) is 7.82. The predicted octanol–water partition coefficient (Wildman–Crippen LogP) is 3.33. The van der Waals surface area contributed by atoms with Gasteiger partial charge in [-0.2, -0.15) is 13.2 Å². The Morgan fingerprint density at radius 1 is 1.03 bits per heavy atom. The van der Waals surface area contributed by atoms with Crippen LogP contribution in [0.4, 0.5) is 30.7 Å². The van der Waals surface area contributed by atoms with Crippen LogP contribution in [-0.2, 0) is 17.6 Å². The first-order chi connectivity index (χ1) is 16.8. The van der Waals surface area contributed by atoms with Crippen molar-refractivity contribution in [2.75, 3.05) is 6.61 Å². The number of ether oxygens (including phenoxy) is 1. The Morgan fingerprint density at radius 3 is 2.31 bits per heavy atom. The minimum absolute atomic E-state index is 0.148. The molecule has 1 N–H and O–H groups in total. The van der Waals surface area contributed by atoms with E-state index in [0.717, 1.165) is 29.3 Å². The maximum atomic E-state index is 16.1. The Kier molecular flexibility index (Phi) is 5.29. The third kappa shape index (κ3) is 3.67. The summed E-state index contributed by atoms with van der Waals surface area (Å²) in [5.74, 6) is -6.65. The zero-order valence-corrected chi connectivity index (χ0v) is 18.2. The minimum atomic E-state index is -4.56. The van der Waals surface area contributed by atoms with Gasteiger partial charge in [-0.05, 0) is 41.8 Å². The molecule has 0 amide bonds. The van der Waals surface area contributed by atoms with Gasteiger partial charge >= 0.3 is 6.18 Å². The summed E-state index contributed by atoms with van der Waals surface area (Å²) >= 11 is 0. The molecule has 3 fully saturated rings. The van der Waals surface area contributed by atoms with Crippen LogP contribution in [0.5, 0.6) is 5.88 Å². The maximum absolute atomic E-state index is 16.1. The SMILES string of the molecule is O[C@@](Cn1cnnn1)(c1ccc(F)cc1F)C(F)(F)C12CC(c3cnc(OCC(F)(F)F)cn3)(C1)C2. The van der Waals surface area contributed by atoms with E-state index in [1.54, 1.807) is 0 Å². The number of halogens is 7. The van der Waals surface area contributed by atoms with Gasteiger partial charge in [0.15, 0.2) is 12.2 Å². The molecular formula is C21H17F7N6O2. The van der Waals surface area contributed by atoms with E-state index < -0.39 is 58.9 Å². The van der Waals surface area contributed by atoms with Crippen LogP contribution < -0.4 is 4.74 Å². The van der Waals surface area contributed by atoms with Gasteiger partial charge in [-0.1, -0.05) is 0 Å². The first-order valence-electron chi connectivity index (χ1n) is 10.6. The minimum Gasteiger partial charge on any atom is -0.467 e. The molecule has 2 heterocycles. The number of hydrogen-bond acceptors (Lipinski definition) is 7. The molecule has 3 saturated carbocycles. The molecule has 0 unspecified atom stereocenters. The number of aromatic nitrogens is 6. The van der Waals surface area contributed by atoms with Gasteiger partial charge in [0.2, 0.25) is 5.88 Å². The maximum Gasteiger partial charge on any atom is 0.422 e. The number of aliphatic hydroxyl groups is 1. The van der Waals surface area contributed by atoms with E-state index in [1.165, 1.54) is 6.20 Å². The van der Waals surface area contributed by atoms with Crippen LogP contribution in [0.3, 0.4) is 0 Å². The van der Waals surface area contributed by atoms with Gasteiger partial charge in [-0.3, -0.25) is 4.98 Å². The normalized spacial score (nSPS) is 25.0. The number of hydrogen-bond donors (Lipinski definition) is 1. The summed E-state index contributed by atoms with van der Waals surface area (Å²) in [6, 6.07) is 1.92. The van der Waals surface area contributed by atoms with Crippen molar-refractivity contribution in [2.45, 2.75) is 48.9 Å². The third-order valence-corrected chi connectivity index (χ3v) is 6.93. The number of tetrazole rings is 1. The molecule has 2 bridgehead atoms. The van der Waals surface area contributed by atoms with E-state index in [-0.39, 0.29) is 30.8 Å². The van der Waals surface area contributed by atoms with E-state index in [2.05, 4.69) is 30.2 Å². The lowest BCUT2D eigenvalue weighted by Crippen LogP contribution is -2.76. The Balaban J connectivity index is 1.39. The lowest BCUT2D eigenvalue weighted by atomic mass is 9.31. The average Bonchev–Trinajstić information content (AvgIpc) is 3.23. The molecule has 6 rings (SSSR count). The fourth-order valence-electron chi connectivity index (χ4n) is 5.32. The Morgan fingerprint density at radius 2 is 1.75 bits per heavy atom. The van der Waals surface area contributed by atoms with Crippen LogP contribution >= 0.6 is 0 Å². The molecule has 0 saturated heterocycles. The zero-order chi connectivity index (χ0) is 26.0. The van der Waals surface area contributed by atoms with Gasteiger partial charge in [0, 0.05) is 22.5 Å². The van der Waals surface area contributed by atoms with Crippen molar-refractivity contribution in [1.29, 1.82) is 0 Å². The van der Waals surface area contributed by atoms with Gasteiger partial charge in [-0.15, -0.1) is 5.10 Å². The van der Waals surface area contributed by atoms with Gasteiger partial charge in [-0.25, -0.2) is 27.2 Å². The summed E-state index contributed by atoms with van der Waals surface area (Å²) in [5.41, 5.74) is -6.22. The molecule has 3 aromatic rings. The fraction of sp³-hybridized carbons (Fsp3) is 0.476. The second-order valence-corrected chi connectivity index (χ2v) is 9.30. The van der Waals surface area contributed by atoms with Crippen LogP contribution in [0, 0.1) is 17.0 Å². The van der Waals surface area contributed by atoms with Crippen LogP contribution in [0.25, 0.3) is 0 Å². The van der Waals surface area contributed by atoms with Crippen molar-refractivity contribution >= 4 is 0 Å². The average molecular weight is 518 g/mol. The van der Waals surface area contributed by atoms with Crippen LogP contribution in [0.15, 0.2) is 36.9 Å². The second-order valence-electron chi connectivity index (χ2n) is 9.30. The van der Waals surface area contributed by atoms with Crippen LogP contribution in [0.2, 0.25) is 0 Å². The quantitative estimate of drug-likeness (QED) is 0.457. The van der Waals surface area contributed by atoms with E-state index in [1.807, 2.05) is 0 Å². The van der Waals surface area contributed by atoms with Crippen LogP contribution in [0.1, 0.15) is 30.5 Å². The highest BCUT2D eigenvalue weighted by Crippen LogP contribution is 2.80. The lowest BCUT2D eigenvalue weighted by molar-refractivity contribution is -0.348. The topological polar surface area (TPSA) is 98.8 Å². The van der Waals surface area contributed by atoms with Crippen molar-refractivity contribution in [3.05, 3.63) is 59.8 Å². The summed E-state index contributed by atoms with van der Waals surface area (Å²) in [7, 11) is 0. The smallest absolute Gasteiger partial charge is 0.422 e. The van der Waals surface area contributed by atoms with E-state index >= 15 is 8.78 Å². The molecule has 1 aromatic carbocycles. The van der Waals surface area contributed by atoms with E-state index in [0.29, 0.717) is 6.07 Å². The fourth-order valence-corrected chi connectivity index (χ4v) is 5.32. The number of rotatable bonds is 8. The van der Waals surface area contributed by atoms with Crippen molar-refractivity contribution in [2.24, 2.45) is 5.41 Å². The van der Waals surface area contributed by atoms with Gasteiger partial charge in [0.1, 0.15) is 18.0 Å². The zero-order valence-electron chi connectivity index (χ0n) is 18.2. The first kappa shape index (κ1) is 24.3. The summed E-state index contributed by atoms with van der Waals surface area (Å²) in [6.07, 6.45) is -1.88. The molecule has 0 radical (unpaired) electrons. The first-order valence-corrected chi connectivity index (χ1v) is 10.6. The molecule has 2 aromatic heterocycles. The van der Waals surface area contributed by atoms with Crippen molar-refractivity contribution in [3.63, 3.8) is 0 Å². The molecular weight excluding hydrogens is 501 g/mol. The monoisotopic (exact) mass is 518 g/mol. The summed E-state index contributed by atoms with van der Waals surface area (Å²) in [6.45, 7) is -2.46. The Labute approximate surface area is 198 Å². The Hall–Kier alpha value is -3.36. The highest BCUT2D eigenvalue weighted by Gasteiger charge is 2.82.